The highest BCUT2D eigenvalue weighted by atomic mass is 31.2. The maximum Gasteiger partial charge on any atom is 0.472 e. The number of esters is 4. The van der Waals surface area contributed by atoms with Crippen LogP contribution in [0.4, 0.5) is 0 Å². The van der Waals surface area contributed by atoms with Gasteiger partial charge in [0, 0.05) is 25.7 Å². The number of rotatable bonds is 73. The third-order valence-corrected chi connectivity index (χ3v) is 18.2. The predicted molar refractivity (Wildman–Crippen MR) is 408 cm³/mol. The fourth-order valence-corrected chi connectivity index (χ4v) is 11.9. The Morgan fingerprint density at radius 2 is 0.530 bits per heavy atom. The summed E-state index contributed by atoms with van der Waals surface area (Å²) in [4.78, 5) is 72.9. The molecule has 100 heavy (non-hydrogen) atoms. The number of hydrogen-bond donors (Lipinski definition) is 3. The van der Waals surface area contributed by atoms with Gasteiger partial charge in [0.2, 0.25) is 0 Å². The molecule has 576 valence electrons. The molecule has 0 bridgehead atoms. The van der Waals surface area contributed by atoms with Gasteiger partial charge in [0.25, 0.3) is 0 Å². The van der Waals surface area contributed by atoms with E-state index in [9.17, 15) is 43.2 Å². The number of phosphoric ester groups is 2. The second-order valence-corrected chi connectivity index (χ2v) is 28.8. The van der Waals surface area contributed by atoms with E-state index in [-0.39, 0.29) is 25.7 Å². The van der Waals surface area contributed by atoms with Crippen molar-refractivity contribution in [2.75, 3.05) is 39.6 Å². The van der Waals surface area contributed by atoms with Crippen molar-refractivity contribution < 1.29 is 80.2 Å². The van der Waals surface area contributed by atoms with Crippen molar-refractivity contribution in [1.29, 1.82) is 0 Å². The zero-order valence-corrected chi connectivity index (χ0v) is 64.6. The Hall–Kier alpha value is -4.28. The average Bonchev–Trinajstić information content (AvgIpc) is 0.965. The van der Waals surface area contributed by atoms with Gasteiger partial charge in [0.1, 0.15) is 19.3 Å². The van der Waals surface area contributed by atoms with Gasteiger partial charge in [-0.2, -0.15) is 0 Å². The van der Waals surface area contributed by atoms with Gasteiger partial charge in [0.15, 0.2) is 12.2 Å². The van der Waals surface area contributed by atoms with Crippen molar-refractivity contribution in [3.05, 3.63) is 109 Å². The van der Waals surface area contributed by atoms with E-state index >= 15 is 0 Å². The lowest BCUT2D eigenvalue weighted by molar-refractivity contribution is -0.161. The van der Waals surface area contributed by atoms with Crippen LogP contribution in [0.2, 0.25) is 0 Å². The van der Waals surface area contributed by atoms with Crippen molar-refractivity contribution >= 4 is 39.5 Å². The second-order valence-electron chi connectivity index (χ2n) is 25.9. The van der Waals surface area contributed by atoms with Crippen LogP contribution < -0.4 is 0 Å². The van der Waals surface area contributed by atoms with E-state index in [1.165, 1.54) is 116 Å². The van der Waals surface area contributed by atoms with Crippen molar-refractivity contribution in [2.45, 2.75) is 341 Å². The Bertz CT molecular complexity index is 2320. The largest absolute Gasteiger partial charge is 0.472 e. The summed E-state index contributed by atoms with van der Waals surface area (Å²) in [5.74, 6) is -2.27. The fraction of sp³-hybridized carbons (Fsp3) is 0.728. The summed E-state index contributed by atoms with van der Waals surface area (Å²) in [5.41, 5.74) is 0. The molecule has 0 amide bonds. The molecule has 0 radical (unpaired) electrons. The molecule has 0 aromatic heterocycles. The topological polar surface area (TPSA) is 237 Å². The molecule has 0 aliphatic carbocycles. The molecule has 3 N–H and O–H groups in total. The Morgan fingerprint density at radius 1 is 0.290 bits per heavy atom. The first kappa shape index (κ1) is 95.7. The number of carbonyl (C=O) groups excluding carboxylic acids is 4. The maximum absolute atomic E-state index is 13.1. The average molecular weight is 1450 g/mol. The van der Waals surface area contributed by atoms with E-state index in [1.54, 1.807) is 0 Å². The van der Waals surface area contributed by atoms with Crippen LogP contribution >= 0.6 is 15.6 Å². The summed E-state index contributed by atoms with van der Waals surface area (Å²) in [5, 5.41) is 10.6. The van der Waals surface area contributed by atoms with Crippen LogP contribution in [0.25, 0.3) is 0 Å². The summed E-state index contributed by atoms with van der Waals surface area (Å²) >= 11 is 0. The molecule has 0 heterocycles. The predicted octanol–water partition coefficient (Wildman–Crippen LogP) is 22.6. The Balaban J connectivity index is 5.41. The molecule has 0 fully saturated rings. The highest BCUT2D eigenvalue weighted by molar-refractivity contribution is 7.47. The molecule has 0 aliphatic rings. The van der Waals surface area contributed by atoms with Gasteiger partial charge in [-0.1, -0.05) is 304 Å². The molecule has 0 aliphatic heterocycles. The standard InChI is InChI=1S/C81H140O17P2/c1-5-9-13-17-21-25-29-33-36-37-40-43-46-50-54-58-62-66-79(84)92-71-76(97-80(85)67-63-59-55-51-47-41-32-28-24-20-16-12-8-4)73-95-99(87,88)93-69-75(82)70-94-100(89,90)96-74-77(98-81(86)68-64-60-56-52-48-44-39-35-31-27-23-19-15-11-7-3)72-91-78(83)65-61-57-53-49-45-42-38-34-30-26-22-18-14-10-6-2/h9-10,13-14,21-22,25-26,33-34,36,38,40,43,45,49-50,54,75-77,82H,5-8,11-12,15-20,23-24,27-32,35,37,39,41-42,44,46-48,51-53,55-74H2,1-4H3,(H,87,88)(H,89,90)/b13-9-,14-10-,25-21-,26-22-,36-33-,38-34-,43-40-,49-45-,54-50-. The summed E-state index contributed by atoms with van der Waals surface area (Å²) in [6.07, 6.45) is 78.0. The third-order valence-electron chi connectivity index (χ3n) is 16.3. The number of allylic oxidation sites excluding steroid dienone is 18. The summed E-state index contributed by atoms with van der Waals surface area (Å²) in [7, 11) is -9.97. The highest BCUT2D eigenvalue weighted by Gasteiger charge is 2.30. The zero-order chi connectivity index (χ0) is 73.2. The molecular formula is C81H140O17P2. The van der Waals surface area contributed by atoms with E-state index < -0.39 is 97.5 Å². The van der Waals surface area contributed by atoms with Crippen LogP contribution in [-0.2, 0) is 65.4 Å². The number of aliphatic hydroxyl groups is 1. The van der Waals surface area contributed by atoms with Gasteiger partial charge in [-0.15, -0.1) is 0 Å². The molecule has 5 unspecified atom stereocenters. The van der Waals surface area contributed by atoms with Crippen LogP contribution in [0.5, 0.6) is 0 Å². The summed E-state index contributed by atoms with van der Waals surface area (Å²) < 4.78 is 68.5. The summed E-state index contributed by atoms with van der Waals surface area (Å²) in [6.45, 7) is 4.57. The third kappa shape index (κ3) is 72.1. The van der Waals surface area contributed by atoms with Crippen molar-refractivity contribution in [2.24, 2.45) is 0 Å². The molecule has 0 saturated carbocycles. The van der Waals surface area contributed by atoms with Crippen molar-refractivity contribution in [1.82, 2.24) is 0 Å². The first-order valence-corrected chi connectivity index (χ1v) is 42.1. The number of ether oxygens (including phenoxy) is 4. The van der Waals surface area contributed by atoms with Crippen LogP contribution in [0.1, 0.15) is 323 Å². The van der Waals surface area contributed by atoms with Gasteiger partial charge in [-0.3, -0.25) is 37.3 Å². The quantitative estimate of drug-likeness (QED) is 0.0169. The van der Waals surface area contributed by atoms with E-state index in [2.05, 4.69) is 125 Å². The minimum absolute atomic E-state index is 0.0835. The SMILES string of the molecule is CC/C=C\C/C=C\C/C=C\C/C=C\C/C=C\CCCC(=O)OCC(COP(=O)(O)OCC(O)COP(=O)(O)OCC(COC(=O)CCCC/C=C\C/C=C\C/C=C\C/C=C\CC)OC(=O)CCCCCCCCCCCCCCCCC)OC(=O)CCCCCCCCCCCCCCC. The first-order chi connectivity index (χ1) is 48.7. The Kier molecular flexibility index (Phi) is 69.9. The second kappa shape index (κ2) is 73.0. The maximum atomic E-state index is 13.1. The lowest BCUT2D eigenvalue weighted by Crippen LogP contribution is -2.30. The molecule has 19 heteroatoms. The number of aliphatic hydroxyl groups excluding tert-OH is 1. The molecule has 17 nitrogen and oxygen atoms in total. The minimum Gasteiger partial charge on any atom is -0.462 e. The van der Waals surface area contributed by atoms with E-state index in [4.69, 9.17) is 37.0 Å². The molecule has 0 aromatic rings. The number of carbonyl (C=O) groups is 4. The van der Waals surface area contributed by atoms with Gasteiger partial charge in [-0.25, -0.2) is 9.13 Å². The number of phosphoric acid groups is 2. The van der Waals surface area contributed by atoms with Crippen LogP contribution in [0.15, 0.2) is 109 Å². The summed E-state index contributed by atoms with van der Waals surface area (Å²) in [6, 6.07) is 0. The number of unbranched alkanes of at least 4 members (excludes halogenated alkanes) is 29. The number of hydrogen-bond acceptors (Lipinski definition) is 15. The van der Waals surface area contributed by atoms with E-state index in [1.807, 2.05) is 12.2 Å². The Labute approximate surface area is 607 Å². The molecule has 0 aromatic carbocycles. The molecule has 0 saturated heterocycles. The van der Waals surface area contributed by atoms with Gasteiger partial charge < -0.3 is 33.8 Å². The van der Waals surface area contributed by atoms with E-state index in [0.717, 1.165) is 122 Å². The van der Waals surface area contributed by atoms with Crippen molar-refractivity contribution in [3.8, 4) is 0 Å². The van der Waals surface area contributed by atoms with Crippen LogP contribution in [-0.4, -0.2) is 96.7 Å². The molecular weight excluding hydrogens is 1310 g/mol. The molecule has 5 atom stereocenters. The van der Waals surface area contributed by atoms with Gasteiger partial charge in [-0.05, 0) is 103 Å². The van der Waals surface area contributed by atoms with Crippen molar-refractivity contribution in [3.63, 3.8) is 0 Å². The smallest absolute Gasteiger partial charge is 0.462 e. The van der Waals surface area contributed by atoms with Crippen LogP contribution in [0, 0.1) is 0 Å². The highest BCUT2D eigenvalue weighted by Crippen LogP contribution is 2.45. The fourth-order valence-electron chi connectivity index (χ4n) is 10.4. The van der Waals surface area contributed by atoms with Gasteiger partial charge in [0.05, 0.1) is 26.4 Å². The van der Waals surface area contributed by atoms with E-state index in [0.29, 0.717) is 32.1 Å². The Morgan fingerprint density at radius 3 is 0.840 bits per heavy atom. The van der Waals surface area contributed by atoms with Gasteiger partial charge >= 0.3 is 39.5 Å². The normalized spacial score (nSPS) is 14.5. The lowest BCUT2D eigenvalue weighted by Gasteiger charge is -2.21. The zero-order valence-electron chi connectivity index (χ0n) is 62.8. The minimum atomic E-state index is -4.99. The lowest BCUT2D eigenvalue weighted by atomic mass is 10.0. The molecule has 0 spiro atoms. The monoisotopic (exact) mass is 1450 g/mol. The van der Waals surface area contributed by atoms with Crippen LogP contribution in [0.3, 0.4) is 0 Å². The first-order valence-electron chi connectivity index (χ1n) is 39.1. The molecule has 0 rings (SSSR count).